The summed E-state index contributed by atoms with van der Waals surface area (Å²) in [5, 5.41) is 0.908. The highest BCUT2D eigenvalue weighted by Gasteiger charge is 2.57. The normalized spacial score (nSPS) is 22.2. The molecule has 3 aromatic carbocycles. The lowest BCUT2D eigenvalue weighted by Crippen LogP contribution is -2.42. The predicted octanol–water partition coefficient (Wildman–Crippen LogP) is 9.03. The molecule has 0 fully saturated rings. The topological polar surface area (TPSA) is 38.1 Å². The van der Waals surface area contributed by atoms with Crippen LogP contribution in [0.15, 0.2) is 48.5 Å². The summed E-state index contributed by atoms with van der Waals surface area (Å²) in [7, 11) is -1.36. The number of anilines is 1. The third-order valence-electron chi connectivity index (χ3n) is 11.1. The smallest absolute Gasteiger partial charge is 0.298 e. The summed E-state index contributed by atoms with van der Waals surface area (Å²) in [4.78, 5) is 5.30. The highest BCUT2D eigenvalue weighted by atomic mass is 31.2. The molecule has 0 bridgehead atoms. The van der Waals surface area contributed by atoms with Crippen molar-refractivity contribution in [1.82, 2.24) is 9.32 Å². The van der Waals surface area contributed by atoms with Gasteiger partial charge in [-0.1, -0.05) is 86.6 Å². The zero-order valence-corrected chi connectivity index (χ0v) is 27.2. The first kappa shape index (κ1) is 27.3. The number of aryl methyl sites for hydroxylation is 2. The molecular weight excluding hydrogens is 509 g/mol. The van der Waals surface area contributed by atoms with Crippen LogP contribution in [-0.4, -0.2) is 16.4 Å². The van der Waals surface area contributed by atoms with Crippen molar-refractivity contribution in [1.29, 1.82) is 0 Å². The van der Waals surface area contributed by atoms with Gasteiger partial charge in [-0.2, -0.15) is 0 Å². The molecule has 1 atom stereocenters. The average molecular weight is 554 g/mol. The molecule has 0 amide bonds. The fourth-order valence-electron chi connectivity index (χ4n) is 7.30. The van der Waals surface area contributed by atoms with E-state index in [9.17, 15) is 0 Å². The zero-order chi connectivity index (χ0) is 29.4. The summed E-state index contributed by atoms with van der Waals surface area (Å²) >= 11 is 0. The van der Waals surface area contributed by atoms with Gasteiger partial charge in [0.1, 0.15) is 5.82 Å². The Labute approximate surface area is 240 Å². The Morgan fingerprint density at radius 1 is 0.825 bits per heavy atom. The molecule has 40 heavy (non-hydrogen) atoms. The molecule has 0 saturated heterocycles. The lowest BCUT2D eigenvalue weighted by molar-refractivity contribution is 0.125. The lowest BCUT2D eigenvalue weighted by Gasteiger charge is -2.44. The van der Waals surface area contributed by atoms with E-state index < -0.39 is 7.44 Å². The Morgan fingerprint density at radius 2 is 1.40 bits per heavy atom. The van der Waals surface area contributed by atoms with Crippen LogP contribution in [0.3, 0.4) is 0 Å². The van der Waals surface area contributed by atoms with Gasteiger partial charge in [-0.25, -0.2) is 4.98 Å². The Morgan fingerprint density at radius 3 is 1.98 bits per heavy atom. The van der Waals surface area contributed by atoms with Crippen molar-refractivity contribution in [2.45, 2.75) is 92.4 Å². The molecule has 2 aliphatic rings. The van der Waals surface area contributed by atoms with Crippen LogP contribution in [0.1, 0.15) is 90.1 Å². The van der Waals surface area contributed by atoms with E-state index in [-0.39, 0.29) is 21.7 Å². The Hall–Kier alpha value is -2.84. The van der Waals surface area contributed by atoms with E-state index in [1.165, 1.54) is 16.7 Å². The van der Waals surface area contributed by atoms with E-state index in [1.54, 1.807) is 0 Å². The van der Waals surface area contributed by atoms with Crippen molar-refractivity contribution < 1.29 is 4.57 Å². The number of hydrogen-bond donors (Lipinski definition) is 0. The van der Waals surface area contributed by atoms with E-state index in [4.69, 9.17) is 4.98 Å². The van der Waals surface area contributed by atoms with Gasteiger partial charge in [0.05, 0.1) is 22.0 Å². The van der Waals surface area contributed by atoms with Crippen molar-refractivity contribution in [3.8, 4) is 11.4 Å². The second-order valence-corrected chi connectivity index (χ2v) is 17.3. The van der Waals surface area contributed by atoms with Crippen LogP contribution in [0, 0.1) is 19.3 Å². The van der Waals surface area contributed by atoms with E-state index in [0.29, 0.717) is 0 Å². The molecule has 1 aliphatic heterocycles. The fourth-order valence-corrected chi connectivity index (χ4v) is 10.5. The molecule has 210 valence electrons. The molecule has 0 spiro atoms. The maximum Gasteiger partial charge on any atom is 0.298 e. The summed E-state index contributed by atoms with van der Waals surface area (Å²) in [5.74, 6) is 0.799. The monoisotopic (exact) mass is 553 g/mol. The largest absolute Gasteiger partial charge is 0.305 e. The predicted molar refractivity (Wildman–Crippen MR) is 171 cm³/mol. The van der Waals surface area contributed by atoms with E-state index in [2.05, 4.69) is 134 Å². The molecule has 1 aromatic heterocycles. The number of aromatic nitrogens is 2. The van der Waals surface area contributed by atoms with Gasteiger partial charge < -0.3 is 4.67 Å². The summed E-state index contributed by atoms with van der Waals surface area (Å²) in [6.07, 6.45) is 0. The number of benzene rings is 3. The zero-order valence-electron chi connectivity index (χ0n) is 26.3. The molecule has 2 heterocycles. The number of fused-ring (bicyclic) bond motifs is 6. The van der Waals surface area contributed by atoms with Gasteiger partial charge >= 0.3 is 0 Å². The minimum Gasteiger partial charge on any atom is -0.305 e. The number of imidazole rings is 1. The second kappa shape index (κ2) is 7.91. The van der Waals surface area contributed by atoms with Crippen molar-refractivity contribution in [2.24, 2.45) is 5.41 Å². The van der Waals surface area contributed by atoms with Gasteiger partial charge in [0.2, 0.25) is 0 Å². The van der Waals surface area contributed by atoms with Gasteiger partial charge in [0.25, 0.3) is 7.44 Å². The van der Waals surface area contributed by atoms with Crippen molar-refractivity contribution in [2.75, 3.05) is 11.7 Å². The Kier molecular flexibility index (Phi) is 5.41. The first-order valence-corrected chi connectivity index (χ1v) is 16.1. The van der Waals surface area contributed by atoms with Crippen LogP contribution >= 0.6 is 7.44 Å². The van der Waals surface area contributed by atoms with Gasteiger partial charge in [-0.3, -0.25) is 8.90 Å². The minimum absolute atomic E-state index is 0.0270. The third-order valence-corrected chi connectivity index (χ3v) is 14.4. The lowest BCUT2D eigenvalue weighted by atomic mass is 9.59. The molecular formula is C35H44N3OP. The van der Waals surface area contributed by atoms with Crippen LogP contribution in [0.4, 0.5) is 5.69 Å². The quantitative estimate of drug-likeness (QED) is 0.221. The fraction of sp³-hybridized carbons (Fsp3) is 0.457. The van der Waals surface area contributed by atoms with Crippen LogP contribution in [0.25, 0.3) is 22.4 Å². The minimum atomic E-state index is -3.37. The van der Waals surface area contributed by atoms with Gasteiger partial charge in [-0.15, -0.1) is 0 Å². The Bertz CT molecular complexity index is 1760. The number of hydrogen-bond acceptors (Lipinski definition) is 2. The molecule has 6 rings (SSSR count). The number of nitrogens with zero attached hydrogens (tertiary/aromatic N) is 3. The SMILES string of the molecule is Cc1cccc(C)c1P1(=O)N(C)c2cc(C(C)(C)C)ccc2-c2nc3cc4c(cc3n21)C(C)(C)C(C)(C)C4(C)C. The molecule has 4 aromatic rings. The highest BCUT2D eigenvalue weighted by Crippen LogP contribution is 2.65. The van der Waals surface area contributed by atoms with E-state index in [0.717, 1.165) is 44.5 Å². The summed E-state index contributed by atoms with van der Waals surface area (Å²) < 4.78 is 20.2. The molecule has 1 unspecified atom stereocenters. The van der Waals surface area contributed by atoms with Crippen LogP contribution < -0.4 is 9.97 Å². The Balaban J connectivity index is 1.77. The summed E-state index contributed by atoms with van der Waals surface area (Å²) in [5.41, 5.74) is 9.80. The standard InChI is InChI=1S/C35H44N3OP/c1-21-14-13-15-22(2)30(21)40(39)37(12)28-18-23(32(3,4)5)16-17-24(28)31-36-27-19-25-26(20-29(27)38(31)40)34(8,9)35(10,11)33(25,6)7/h13-20H,1-12H3. The van der Waals surface area contributed by atoms with Gasteiger partial charge in [0, 0.05) is 12.6 Å². The second-order valence-electron chi connectivity index (χ2n) is 14.8. The first-order valence-electron chi connectivity index (χ1n) is 14.5. The van der Waals surface area contributed by atoms with Gasteiger partial charge in [0.15, 0.2) is 0 Å². The van der Waals surface area contributed by atoms with Crippen LogP contribution in [0.5, 0.6) is 0 Å². The van der Waals surface area contributed by atoms with Crippen molar-refractivity contribution >= 4 is 29.5 Å². The van der Waals surface area contributed by atoms with Crippen LogP contribution in [0.2, 0.25) is 0 Å². The first-order chi connectivity index (χ1) is 18.4. The molecule has 4 nitrogen and oxygen atoms in total. The summed E-state index contributed by atoms with van der Waals surface area (Å²) in [6, 6.07) is 17.5. The van der Waals surface area contributed by atoms with Gasteiger partial charge in [-0.05, 0) is 87.6 Å². The van der Waals surface area contributed by atoms with Crippen molar-refractivity contribution in [3.63, 3.8) is 0 Å². The molecule has 0 saturated carbocycles. The van der Waals surface area contributed by atoms with Crippen LogP contribution in [-0.2, 0) is 20.8 Å². The molecule has 0 N–H and O–H groups in total. The third kappa shape index (κ3) is 3.15. The molecule has 5 heteroatoms. The highest BCUT2D eigenvalue weighted by molar-refractivity contribution is 7.72. The van der Waals surface area contributed by atoms with Crippen molar-refractivity contribution in [3.05, 3.63) is 76.3 Å². The average Bonchev–Trinajstić information content (AvgIpc) is 3.28. The number of rotatable bonds is 1. The molecule has 0 radical (unpaired) electrons. The van der Waals surface area contributed by atoms with E-state index >= 15 is 4.57 Å². The molecule has 1 aliphatic carbocycles. The maximum atomic E-state index is 16.0. The van der Waals surface area contributed by atoms with E-state index in [1.807, 2.05) is 7.05 Å². The maximum absolute atomic E-state index is 16.0. The summed E-state index contributed by atoms with van der Waals surface area (Å²) in [6.45, 7) is 25.1.